The molecular weight excluding hydrogens is 278 g/mol. The van der Waals surface area contributed by atoms with E-state index in [4.69, 9.17) is 11.6 Å². The molecule has 112 valence electrons. The van der Waals surface area contributed by atoms with Crippen molar-refractivity contribution in [2.24, 2.45) is 13.0 Å². The molecule has 2 unspecified atom stereocenters. The molecule has 2 N–H and O–H groups in total. The van der Waals surface area contributed by atoms with Crippen LogP contribution in [-0.4, -0.2) is 27.5 Å². The second-order valence-electron chi connectivity index (χ2n) is 5.48. The Morgan fingerprint density at radius 1 is 1.50 bits per heavy atom. The van der Waals surface area contributed by atoms with Gasteiger partial charge in [-0.2, -0.15) is 5.10 Å². The Morgan fingerprint density at radius 2 is 2.25 bits per heavy atom. The Kier molecular flexibility index (Phi) is 5.43. The number of aromatic nitrogens is 2. The second kappa shape index (κ2) is 7.09. The van der Waals surface area contributed by atoms with Crippen molar-refractivity contribution in [3.8, 4) is 0 Å². The van der Waals surface area contributed by atoms with Crippen LogP contribution >= 0.6 is 11.6 Å². The number of aryl methyl sites for hydroxylation is 1. The Bertz CT molecular complexity index is 504. The molecule has 1 saturated carbocycles. The third-order valence-corrected chi connectivity index (χ3v) is 4.38. The van der Waals surface area contributed by atoms with Crippen molar-refractivity contribution in [3.63, 3.8) is 0 Å². The first-order valence-corrected chi connectivity index (χ1v) is 7.61. The summed E-state index contributed by atoms with van der Waals surface area (Å²) in [5.41, 5.74) is 0.290. The zero-order chi connectivity index (χ0) is 14.5. The highest BCUT2D eigenvalue weighted by atomic mass is 35.5. The van der Waals surface area contributed by atoms with Crippen LogP contribution in [0.5, 0.6) is 0 Å². The summed E-state index contributed by atoms with van der Waals surface area (Å²) in [5.74, 6) is 0.419. The maximum Gasteiger partial charge on any atom is 0.287 e. The molecule has 0 radical (unpaired) electrons. The van der Waals surface area contributed by atoms with Crippen LogP contribution in [0.15, 0.2) is 11.0 Å². The SMILES string of the molecule is Cn1ncc(NCCCC2CCCCC2O)c(Cl)c1=O. The summed E-state index contributed by atoms with van der Waals surface area (Å²) < 4.78 is 1.21. The largest absolute Gasteiger partial charge is 0.393 e. The van der Waals surface area contributed by atoms with Gasteiger partial charge in [0.1, 0.15) is 5.02 Å². The highest BCUT2D eigenvalue weighted by molar-refractivity contribution is 6.32. The molecule has 1 aromatic rings. The summed E-state index contributed by atoms with van der Waals surface area (Å²) in [6.45, 7) is 0.734. The summed E-state index contributed by atoms with van der Waals surface area (Å²) in [6, 6.07) is 0. The van der Waals surface area contributed by atoms with Gasteiger partial charge in [0.2, 0.25) is 0 Å². The van der Waals surface area contributed by atoms with Gasteiger partial charge < -0.3 is 10.4 Å². The zero-order valence-corrected chi connectivity index (χ0v) is 12.6. The van der Waals surface area contributed by atoms with E-state index >= 15 is 0 Å². The molecule has 1 heterocycles. The van der Waals surface area contributed by atoms with Gasteiger partial charge in [-0.3, -0.25) is 4.79 Å². The van der Waals surface area contributed by atoms with Gasteiger partial charge in [-0.15, -0.1) is 0 Å². The highest BCUT2D eigenvalue weighted by Gasteiger charge is 2.22. The molecule has 1 aliphatic rings. The Labute approximate surface area is 124 Å². The van der Waals surface area contributed by atoms with E-state index in [1.807, 2.05) is 0 Å². The Balaban J connectivity index is 1.79. The first-order valence-electron chi connectivity index (χ1n) is 7.23. The lowest BCUT2D eigenvalue weighted by Gasteiger charge is -2.27. The minimum Gasteiger partial charge on any atom is -0.393 e. The van der Waals surface area contributed by atoms with Crippen LogP contribution in [0.25, 0.3) is 0 Å². The molecule has 0 amide bonds. The summed E-state index contributed by atoms with van der Waals surface area (Å²) >= 11 is 5.97. The van der Waals surface area contributed by atoms with E-state index in [-0.39, 0.29) is 16.7 Å². The topological polar surface area (TPSA) is 67.2 Å². The molecule has 1 aliphatic carbocycles. The zero-order valence-electron chi connectivity index (χ0n) is 11.8. The minimum atomic E-state index is -0.292. The van der Waals surface area contributed by atoms with Crippen molar-refractivity contribution in [1.82, 2.24) is 9.78 Å². The number of nitrogens with one attached hydrogen (secondary N) is 1. The molecule has 0 aliphatic heterocycles. The van der Waals surface area contributed by atoms with Crippen molar-refractivity contribution in [2.75, 3.05) is 11.9 Å². The minimum absolute atomic E-state index is 0.141. The molecule has 0 spiro atoms. The molecule has 1 fully saturated rings. The summed E-state index contributed by atoms with van der Waals surface area (Å²) in [4.78, 5) is 11.6. The normalized spacial score (nSPS) is 22.8. The summed E-state index contributed by atoms with van der Waals surface area (Å²) in [6.07, 6.45) is 7.80. The number of hydrogen-bond donors (Lipinski definition) is 2. The summed E-state index contributed by atoms with van der Waals surface area (Å²) in [5, 5.41) is 17.2. The molecule has 5 nitrogen and oxygen atoms in total. The van der Waals surface area contributed by atoms with Crippen molar-refractivity contribution < 1.29 is 5.11 Å². The van der Waals surface area contributed by atoms with Gasteiger partial charge in [0, 0.05) is 13.6 Å². The number of anilines is 1. The number of nitrogens with zero attached hydrogens (tertiary/aromatic N) is 2. The van der Waals surface area contributed by atoms with Crippen LogP contribution in [0.4, 0.5) is 5.69 Å². The van der Waals surface area contributed by atoms with Crippen LogP contribution < -0.4 is 10.9 Å². The second-order valence-corrected chi connectivity index (χ2v) is 5.86. The van der Waals surface area contributed by atoms with Crippen molar-refractivity contribution in [2.45, 2.75) is 44.6 Å². The standard InChI is InChI=1S/C14H22ClN3O2/c1-18-14(20)13(15)11(9-17-18)16-8-4-6-10-5-2-3-7-12(10)19/h9-10,12,16,19H,2-8H2,1H3. The number of hydrogen-bond acceptors (Lipinski definition) is 4. The lowest BCUT2D eigenvalue weighted by Crippen LogP contribution is -2.25. The lowest BCUT2D eigenvalue weighted by atomic mass is 9.83. The van der Waals surface area contributed by atoms with Crippen LogP contribution in [0, 0.1) is 5.92 Å². The molecule has 0 aromatic carbocycles. The van der Waals surface area contributed by atoms with E-state index in [0.717, 1.165) is 38.6 Å². The van der Waals surface area contributed by atoms with Gasteiger partial charge in [0.15, 0.2) is 0 Å². The molecular formula is C14H22ClN3O2. The maximum atomic E-state index is 11.6. The Hall–Kier alpha value is -1.07. The quantitative estimate of drug-likeness (QED) is 0.818. The van der Waals surface area contributed by atoms with Crippen molar-refractivity contribution >= 4 is 17.3 Å². The number of aliphatic hydroxyl groups is 1. The lowest BCUT2D eigenvalue weighted by molar-refractivity contribution is 0.0648. The predicted molar refractivity (Wildman–Crippen MR) is 80.2 cm³/mol. The van der Waals surface area contributed by atoms with E-state index in [9.17, 15) is 9.90 Å². The first-order chi connectivity index (χ1) is 9.59. The summed E-state index contributed by atoms with van der Waals surface area (Å²) in [7, 11) is 1.57. The van der Waals surface area contributed by atoms with Gasteiger partial charge in [-0.05, 0) is 31.6 Å². The molecule has 2 rings (SSSR count). The van der Waals surface area contributed by atoms with E-state index in [2.05, 4.69) is 10.4 Å². The number of aliphatic hydroxyl groups excluding tert-OH is 1. The van der Waals surface area contributed by atoms with Gasteiger partial charge in [0.25, 0.3) is 5.56 Å². The van der Waals surface area contributed by atoms with Gasteiger partial charge in [-0.25, -0.2) is 4.68 Å². The van der Waals surface area contributed by atoms with E-state index < -0.39 is 0 Å². The average molecular weight is 300 g/mol. The van der Waals surface area contributed by atoms with E-state index in [1.54, 1.807) is 13.2 Å². The third kappa shape index (κ3) is 3.73. The monoisotopic (exact) mass is 299 g/mol. The van der Waals surface area contributed by atoms with Crippen molar-refractivity contribution in [1.29, 1.82) is 0 Å². The number of rotatable bonds is 5. The highest BCUT2D eigenvalue weighted by Crippen LogP contribution is 2.27. The molecule has 1 aromatic heterocycles. The molecule has 20 heavy (non-hydrogen) atoms. The van der Waals surface area contributed by atoms with Crippen LogP contribution in [0.3, 0.4) is 0 Å². The van der Waals surface area contributed by atoms with Gasteiger partial charge in [0.05, 0.1) is 18.0 Å². The van der Waals surface area contributed by atoms with Crippen LogP contribution in [0.1, 0.15) is 38.5 Å². The average Bonchev–Trinajstić information content (AvgIpc) is 2.45. The van der Waals surface area contributed by atoms with Crippen LogP contribution in [-0.2, 0) is 7.05 Å². The maximum absolute atomic E-state index is 11.6. The fourth-order valence-electron chi connectivity index (χ4n) is 2.75. The first kappa shape index (κ1) is 15.3. The molecule has 6 heteroatoms. The molecule has 0 saturated heterocycles. The van der Waals surface area contributed by atoms with Gasteiger partial charge >= 0.3 is 0 Å². The Morgan fingerprint density at radius 3 is 3.00 bits per heavy atom. The molecule has 0 bridgehead atoms. The van der Waals surface area contributed by atoms with E-state index in [0.29, 0.717) is 11.6 Å². The fraction of sp³-hybridized carbons (Fsp3) is 0.714. The van der Waals surface area contributed by atoms with Gasteiger partial charge in [-0.1, -0.05) is 24.4 Å². The van der Waals surface area contributed by atoms with Crippen molar-refractivity contribution in [3.05, 3.63) is 21.6 Å². The third-order valence-electron chi connectivity index (χ3n) is 4.01. The molecule has 2 atom stereocenters. The predicted octanol–water partition coefficient (Wildman–Crippen LogP) is 2.18. The smallest absolute Gasteiger partial charge is 0.287 e. The number of halogens is 1. The van der Waals surface area contributed by atoms with E-state index in [1.165, 1.54) is 11.1 Å². The van der Waals surface area contributed by atoms with Crippen LogP contribution in [0.2, 0.25) is 5.02 Å². The fourth-order valence-corrected chi connectivity index (χ4v) is 2.98.